The van der Waals surface area contributed by atoms with Crippen molar-refractivity contribution in [1.82, 2.24) is 9.21 Å². The summed E-state index contributed by atoms with van der Waals surface area (Å²) in [6.07, 6.45) is 4.26. The summed E-state index contributed by atoms with van der Waals surface area (Å²) in [7, 11) is -3.07. The number of nitrogens with zero attached hydrogens (tertiary/aromatic N) is 3. The minimum absolute atomic E-state index is 0.355. The molecule has 1 rings (SSSR count). The minimum atomic E-state index is -3.07. The van der Waals surface area contributed by atoms with E-state index in [9.17, 15) is 8.42 Å². The summed E-state index contributed by atoms with van der Waals surface area (Å²) in [5.74, 6) is 0.355. The van der Waals surface area contributed by atoms with Gasteiger partial charge in [0.1, 0.15) is 0 Å². The molecule has 0 aliphatic carbocycles. The maximum Gasteiger partial charge on any atom is 0.211 e. The fourth-order valence-corrected chi connectivity index (χ4v) is 3.44. The first kappa shape index (κ1) is 15.4. The third-order valence-electron chi connectivity index (χ3n) is 3.30. The van der Waals surface area contributed by atoms with Gasteiger partial charge in [-0.3, -0.25) is 4.90 Å². The largest absolute Gasteiger partial charge is 0.290 e. The summed E-state index contributed by atoms with van der Waals surface area (Å²) in [4.78, 5) is 2.12. The van der Waals surface area contributed by atoms with Gasteiger partial charge in [-0.15, -0.1) is 0 Å². The monoisotopic (exact) mass is 273 g/mol. The summed E-state index contributed by atoms with van der Waals surface area (Å²) in [5, 5.41) is 8.78. The van der Waals surface area contributed by atoms with Gasteiger partial charge in [0.05, 0.1) is 18.9 Å². The molecule has 1 aliphatic rings. The van der Waals surface area contributed by atoms with E-state index in [2.05, 4.69) is 17.9 Å². The van der Waals surface area contributed by atoms with E-state index in [4.69, 9.17) is 5.26 Å². The molecule has 18 heavy (non-hydrogen) atoms. The van der Waals surface area contributed by atoms with Gasteiger partial charge in [0.2, 0.25) is 10.0 Å². The van der Waals surface area contributed by atoms with Crippen LogP contribution in [0.1, 0.15) is 26.2 Å². The fraction of sp³-hybridized carbons (Fsp3) is 0.917. The molecule has 0 aromatic carbocycles. The van der Waals surface area contributed by atoms with Crippen LogP contribution in [0.2, 0.25) is 0 Å². The zero-order valence-electron chi connectivity index (χ0n) is 11.3. The SMILES string of the molecule is CCCN(CC#N)CC1CCCN(S(C)(=O)=O)C1. The predicted molar refractivity (Wildman–Crippen MR) is 71.5 cm³/mol. The van der Waals surface area contributed by atoms with Crippen LogP contribution in [0, 0.1) is 17.2 Å². The van der Waals surface area contributed by atoms with Gasteiger partial charge >= 0.3 is 0 Å². The molecule has 1 aliphatic heterocycles. The normalized spacial score (nSPS) is 22.0. The lowest BCUT2D eigenvalue weighted by molar-refractivity contribution is 0.190. The second kappa shape index (κ2) is 7.07. The topological polar surface area (TPSA) is 64.4 Å². The van der Waals surface area contributed by atoms with Crippen molar-refractivity contribution < 1.29 is 8.42 Å². The highest BCUT2D eigenvalue weighted by molar-refractivity contribution is 7.88. The second-order valence-electron chi connectivity index (χ2n) is 5.02. The highest BCUT2D eigenvalue weighted by Gasteiger charge is 2.26. The van der Waals surface area contributed by atoms with Gasteiger partial charge in [-0.25, -0.2) is 12.7 Å². The third kappa shape index (κ3) is 4.92. The molecule has 0 N–H and O–H groups in total. The lowest BCUT2D eigenvalue weighted by Gasteiger charge is -2.33. The molecule has 104 valence electrons. The molecular weight excluding hydrogens is 250 g/mol. The lowest BCUT2D eigenvalue weighted by atomic mass is 9.99. The smallest absolute Gasteiger partial charge is 0.211 e. The van der Waals surface area contributed by atoms with E-state index < -0.39 is 10.0 Å². The number of hydrogen-bond acceptors (Lipinski definition) is 4. The van der Waals surface area contributed by atoms with Crippen molar-refractivity contribution in [3.05, 3.63) is 0 Å². The Labute approximate surface area is 110 Å². The summed E-state index contributed by atoms with van der Waals surface area (Å²) >= 11 is 0. The Balaban J connectivity index is 2.53. The number of hydrogen-bond donors (Lipinski definition) is 0. The van der Waals surface area contributed by atoms with Crippen molar-refractivity contribution in [3.63, 3.8) is 0 Å². The molecule has 6 heteroatoms. The molecular formula is C12H23N3O2S. The van der Waals surface area contributed by atoms with E-state index in [1.54, 1.807) is 4.31 Å². The molecule has 0 spiro atoms. The van der Waals surface area contributed by atoms with Crippen LogP contribution in [0.5, 0.6) is 0 Å². The molecule has 0 saturated carbocycles. The maximum absolute atomic E-state index is 11.5. The molecule has 0 aromatic heterocycles. The molecule has 1 unspecified atom stereocenters. The average molecular weight is 273 g/mol. The highest BCUT2D eigenvalue weighted by Crippen LogP contribution is 2.19. The zero-order valence-corrected chi connectivity index (χ0v) is 12.1. The summed E-state index contributed by atoms with van der Waals surface area (Å²) in [6.45, 7) is 5.50. The fourth-order valence-electron chi connectivity index (χ4n) is 2.49. The number of nitriles is 1. The van der Waals surface area contributed by atoms with E-state index >= 15 is 0 Å². The van der Waals surface area contributed by atoms with Crippen molar-refractivity contribution in [3.8, 4) is 6.07 Å². The van der Waals surface area contributed by atoms with Gasteiger partial charge in [-0.05, 0) is 31.7 Å². The van der Waals surface area contributed by atoms with Crippen molar-refractivity contribution in [2.75, 3.05) is 39.0 Å². The van der Waals surface area contributed by atoms with Crippen LogP contribution in [-0.2, 0) is 10.0 Å². The summed E-state index contributed by atoms with van der Waals surface area (Å²) in [6, 6.07) is 2.18. The Kier molecular flexibility index (Phi) is 6.06. The van der Waals surface area contributed by atoms with E-state index in [1.165, 1.54) is 6.26 Å². The first-order valence-electron chi connectivity index (χ1n) is 6.51. The molecule has 1 heterocycles. The Morgan fingerprint density at radius 3 is 2.78 bits per heavy atom. The van der Waals surface area contributed by atoms with E-state index in [0.29, 0.717) is 25.6 Å². The van der Waals surface area contributed by atoms with Crippen LogP contribution in [0.15, 0.2) is 0 Å². The van der Waals surface area contributed by atoms with Crippen LogP contribution >= 0.6 is 0 Å². The van der Waals surface area contributed by atoms with Gasteiger partial charge in [-0.1, -0.05) is 6.92 Å². The van der Waals surface area contributed by atoms with Crippen molar-refractivity contribution in [2.24, 2.45) is 5.92 Å². The number of piperidine rings is 1. The van der Waals surface area contributed by atoms with Gasteiger partial charge in [-0.2, -0.15) is 5.26 Å². The van der Waals surface area contributed by atoms with E-state index in [-0.39, 0.29) is 0 Å². The van der Waals surface area contributed by atoms with Gasteiger partial charge < -0.3 is 0 Å². The first-order chi connectivity index (χ1) is 8.47. The van der Waals surface area contributed by atoms with Crippen LogP contribution in [0.3, 0.4) is 0 Å². The Morgan fingerprint density at radius 2 is 2.22 bits per heavy atom. The van der Waals surface area contributed by atoms with Crippen molar-refractivity contribution >= 4 is 10.0 Å². The van der Waals surface area contributed by atoms with Crippen molar-refractivity contribution in [1.29, 1.82) is 5.26 Å². The van der Waals surface area contributed by atoms with E-state index in [0.717, 1.165) is 32.4 Å². The number of rotatable bonds is 6. The zero-order chi connectivity index (χ0) is 13.6. The van der Waals surface area contributed by atoms with Crippen LogP contribution in [0.25, 0.3) is 0 Å². The van der Waals surface area contributed by atoms with Gasteiger partial charge in [0.15, 0.2) is 0 Å². The minimum Gasteiger partial charge on any atom is -0.290 e. The quantitative estimate of drug-likeness (QED) is 0.674. The molecule has 0 radical (unpaired) electrons. The van der Waals surface area contributed by atoms with Gasteiger partial charge in [0, 0.05) is 19.6 Å². The van der Waals surface area contributed by atoms with Crippen molar-refractivity contribution in [2.45, 2.75) is 26.2 Å². The van der Waals surface area contributed by atoms with Crippen LogP contribution in [0.4, 0.5) is 0 Å². The standard InChI is InChI=1S/C12H23N3O2S/c1-3-7-14(9-6-13)10-12-5-4-8-15(11-12)18(2,16)17/h12H,3-5,7-11H2,1-2H3. The van der Waals surface area contributed by atoms with Crippen LogP contribution in [-0.4, -0.2) is 56.6 Å². The van der Waals surface area contributed by atoms with Crippen LogP contribution < -0.4 is 0 Å². The average Bonchev–Trinajstić information content (AvgIpc) is 2.29. The molecule has 1 atom stereocenters. The number of sulfonamides is 1. The first-order valence-corrected chi connectivity index (χ1v) is 8.36. The lowest BCUT2D eigenvalue weighted by Crippen LogP contribution is -2.43. The summed E-state index contributed by atoms with van der Waals surface area (Å²) < 4.78 is 24.6. The highest BCUT2D eigenvalue weighted by atomic mass is 32.2. The van der Waals surface area contributed by atoms with E-state index in [1.807, 2.05) is 0 Å². The Hall–Kier alpha value is -0.640. The molecule has 0 bridgehead atoms. The predicted octanol–water partition coefficient (Wildman–Crippen LogP) is 0.894. The molecule has 0 aromatic rings. The second-order valence-corrected chi connectivity index (χ2v) is 7.00. The molecule has 0 amide bonds. The Bertz CT molecular complexity index is 389. The molecule has 1 saturated heterocycles. The summed E-state index contributed by atoms with van der Waals surface area (Å²) in [5.41, 5.74) is 0. The third-order valence-corrected chi connectivity index (χ3v) is 4.57. The maximum atomic E-state index is 11.5. The Morgan fingerprint density at radius 1 is 1.50 bits per heavy atom. The molecule has 1 fully saturated rings. The van der Waals surface area contributed by atoms with Gasteiger partial charge in [0.25, 0.3) is 0 Å². The molecule has 5 nitrogen and oxygen atoms in total.